The number of nitrogens with zero attached hydrogens (tertiary/aromatic N) is 3. The Morgan fingerprint density at radius 2 is 1.85 bits per heavy atom. The monoisotopic (exact) mass is 355 g/mol. The number of non-ortho nitro benzene ring substituents is 1. The summed E-state index contributed by atoms with van der Waals surface area (Å²) in [5.74, 6) is 1.44. The van der Waals surface area contributed by atoms with E-state index in [1.165, 1.54) is 25.0 Å². The van der Waals surface area contributed by atoms with E-state index in [0.29, 0.717) is 11.4 Å². The number of hydrogen-bond acceptors (Lipinski definition) is 6. The van der Waals surface area contributed by atoms with E-state index in [1.54, 1.807) is 32.6 Å². The van der Waals surface area contributed by atoms with Gasteiger partial charge < -0.3 is 14.4 Å². The highest BCUT2D eigenvalue weighted by atomic mass is 16.6. The van der Waals surface area contributed by atoms with Gasteiger partial charge in [-0.15, -0.1) is 0 Å². The molecule has 1 aliphatic heterocycles. The number of aliphatic imine (C=N–C) groups is 1. The van der Waals surface area contributed by atoms with E-state index in [-0.39, 0.29) is 5.69 Å². The number of nitro benzene ring substituents is 1. The topological polar surface area (TPSA) is 77.2 Å². The van der Waals surface area contributed by atoms with Crippen molar-refractivity contribution in [3.8, 4) is 11.5 Å². The molecule has 2 aromatic rings. The Morgan fingerprint density at radius 3 is 2.50 bits per heavy atom. The highest BCUT2D eigenvalue weighted by molar-refractivity contribution is 5.88. The van der Waals surface area contributed by atoms with Gasteiger partial charge >= 0.3 is 0 Å². The van der Waals surface area contributed by atoms with Crippen LogP contribution < -0.4 is 14.4 Å². The fraction of sp³-hybridized carbons (Fsp3) is 0.316. The summed E-state index contributed by atoms with van der Waals surface area (Å²) in [6.45, 7) is 2.00. The van der Waals surface area contributed by atoms with Crippen molar-refractivity contribution in [3.63, 3.8) is 0 Å². The Morgan fingerprint density at radius 1 is 1.12 bits per heavy atom. The summed E-state index contributed by atoms with van der Waals surface area (Å²) >= 11 is 0. The summed E-state index contributed by atoms with van der Waals surface area (Å²) in [7, 11) is 3.25. The van der Waals surface area contributed by atoms with Crippen LogP contribution in [0.25, 0.3) is 0 Å². The molecule has 0 aromatic heterocycles. The van der Waals surface area contributed by atoms with Crippen molar-refractivity contribution >= 4 is 23.3 Å². The average Bonchev–Trinajstić information content (AvgIpc) is 3.20. The molecule has 26 heavy (non-hydrogen) atoms. The zero-order valence-electron chi connectivity index (χ0n) is 14.8. The fourth-order valence-corrected chi connectivity index (χ4v) is 3.04. The Balaban J connectivity index is 1.94. The van der Waals surface area contributed by atoms with Crippen LogP contribution in [0.5, 0.6) is 11.5 Å². The van der Waals surface area contributed by atoms with Gasteiger partial charge in [0.1, 0.15) is 11.5 Å². The van der Waals surface area contributed by atoms with Crippen molar-refractivity contribution in [2.24, 2.45) is 4.99 Å². The maximum absolute atomic E-state index is 10.9. The molecule has 136 valence electrons. The van der Waals surface area contributed by atoms with Crippen molar-refractivity contribution in [1.29, 1.82) is 0 Å². The Hall–Kier alpha value is -3.09. The molecule has 0 bridgehead atoms. The molecule has 0 N–H and O–H groups in total. The van der Waals surface area contributed by atoms with Crippen molar-refractivity contribution < 1.29 is 14.4 Å². The molecule has 1 heterocycles. The molecule has 3 rings (SSSR count). The maximum Gasteiger partial charge on any atom is 0.271 e. The van der Waals surface area contributed by atoms with E-state index in [0.717, 1.165) is 30.1 Å². The lowest BCUT2D eigenvalue weighted by atomic mass is 10.1. The number of anilines is 1. The van der Waals surface area contributed by atoms with Gasteiger partial charge in [0.25, 0.3) is 5.69 Å². The molecule has 0 radical (unpaired) electrons. The third-order valence-electron chi connectivity index (χ3n) is 4.37. The number of nitro groups is 1. The first-order chi connectivity index (χ1) is 12.6. The molecule has 0 spiro atoms. The number of hydrogen-bond donors (Lipinski definition) is 0. The molecule has 0 aliphatic carbocycles. The van der Waals surface area contributed by atoms with Gasteiger partial charge in [0.2, 0.25) is 0 Å². The summed E-state index contributed by atoms with van der Waals surface area (Å²) in [4.78, 5) is 17.1. The number of benzene rings is 2. The number of rotatable bonds is 6. The van der Waals surface area contributed by atoms with Crippen molar-refractivity contribution in [2.75, 3.05) is 32.2 Å². The van der Waals surface area contributed by atoms with Crippen molar-refractivity contribution in [1.82, 2.24) is 0 Å². The standard InChI is InChI=1S/C19H21N3O4/c1-25-18-12-17(21-8-3-4-9-21)19(26-2)10-14(18)13-20-15-6-5-7-16(11-15)22(23)24/h5-7,10-13H,3-4,8-9H2,1-2H3. The number of methoxy groups -OCH3 is 2. The lowest BCUT2D eigenvalue weighted by molar-refractivity contribution is -0.384. The maximum atomic E-state index is 10.9. The zero-order chi connectivity index (χ0) is 18.5. The molecule has 0 atom stereocenters. The van der Waals surface area contributed by atoms with E-state index in [9.17, 15) is 10.1 Å². The Kier molecular flexibility index (Phi) is 5.36. The number of ether oxygens (including phenoxy) is 2. The van der Waals surface area contributed by atoms with Crippen LogP contribution in [-0.2, 0) is 0 Å². The third kappa shape index (κ3) is 3.77. The van der Waals surface area contributed by atoms with Gasteiger partial charge in [-0.3, -0.25) is 15.1 Å². The average molecular weight is 355 g/mol. The van der Waals surface area contributed by atoms with Crippen LogP contribution in [-0.4, -0.2) is 38.4 Å². The molecule has 0 unspecified atom stereocenters. The van der Waals surface area contributed by atoms with E-state index < -0.39 is 4.92 Å². The third-order valence-corrected chi connectivity index (χ3v) is 4.37. The molecule has 2 aromatic carbocycles. The molecule has 1 fully saturated rings. The van der Waals surface area contributed by atoms with Crippen LogP contribution in [0.2, 0.25) is 0 Å². The normalized spacial score (nSPS) is 14.0. The quantitative estimate of drug-likeness (QED) is 0.445. The first kappa shape index (κ1) is 17.7. The molecular weight excluding hydrogens is 334 g/mol. The summed E-state index contributed by atoms with van der Waals surface area (Å²) < 4.78 is 11.1. The van der Waals surface area contributed by atoms with Crippen LogP contribution in [0.15, 0.2) is 41.4 Å². The second kappa shape index (κ2) is 7.86. The van der Waals surface area contributed by atoms with Gasteiger partial charge in [-0.05, 0) is 25.0 Å². The lowest BCUT2D eigenvalue weighted by Crippen LogP contribution is -2.18. The van der Waals surface area contributed by atoms with Gasteiger partial charge in [0.05, 0.1) is 30.5 Å². The minimum atomic E-state index is -0.437. The Bertz CT molecular complexity index is 830. The van der Waals surface area contributed by atoms with Crippen molar-refractivity contribution in [3.05, 3.63) is 52.1 Å². The summed E-state index contributed by atoms with van der Waals surface area (Å²) in [5, 5.41) is 10.9. The molecular formula is C19H21N3O4. The molecule has 0 amide bonds. The van der Waals surface area contributed by atoms with Crippen LogP contribution in [0.3, 0.4) is 0 Å². The zero-order valence-corrected chi connectivity index (χ0v) is 14.8. The van der Waals surface area contributed by atoms with Crippen LogP contribution in [0.1, 0.15) is 18.4 Å². The van der Waals surface area contributed by atoms with E-state index in [2.05, 4.69) is 9.89 Å². The highest BCUT2D eigenvalue weighted by Crippen LogP contribution is 2.36. The van der Waals surface area contributed by atoms with Gasteiger partial charge in [-0.25, -0.2) is 0 Å². The summed E-state index contributed by atoms with van der Waals surface area (Å²) in [6, 6.07) is 10.0. The fourth-order valence-electron chi connectivity index (χ4n) is 3.04. The largest absolute Gasteiger partial charge is 0.496 e. The van der Waals surface area contributed by atoms with Gasteiger partial charge in [-0.1, -0.05) is 6.07 Å². The summed E-state index contributed by atoms with van der Waals surface area (Å²) in [5.41, 5.74) is 2.27. The van der Waals surface area contributed by atoms with E-state index in [4.69, 9.17) is 9.47 Å². The molecule has 7 nitrogen and oxygen atoms in total. The molecule has 1 saturated heterocycles. The van der Waals surface area contributed by atoms with Gasteiger partial charge in [0, 0.05) is 43.1 Å². The molecule has 1 aliphatic rings. The molecule has 7 heteroatoms. The second-order valence-corrected chi connectivity index (χ2v) is 6.00. The predicted molar refractivity (Wildman–Crippen MR) is 101 cm³/mol. The first-order valence-corrected chi connectivity index (χ1v) is 8.42. The van der Waals surface area contributed by atoms with Crippen LogP contribution in [0.4, 0.5) is 17.1 Å². The van der Waals surface area contributed by atoms with Crippen LogP contribution >= 0.6 is 0 Å². The first-order valence-electron chi connectivity index (χ1n) is 8.42. The lowest BCUT2D eigenvalue weighted by Gasteiger charge is -2.22. The van der Waals surface area contributed by atoms with E-state index >= 15 is 0 Å². The second-order valence-electron chi connectivity index (χ2n) is 6.00. The van der Waals surface area contributed by atoms with E-state index in [1.807, 2.05) is 12.1 Å². The molecule has 0 saturated carbocycles. The highest BCUT2D eigenvalue weighted by Gasteiger charge is 2.19. The van der Waals surface area contributed by atoms with Gasteiger partial charge in [0.15, 0.2) is 0 Å². The minimum absolute atomic E-state index is 0.00794. The smallest absolute Gasteiger partial charge is 0.271 e. The summed E-state index contributed by atoms with van der Waals surface area (Å²) in [6.07, 6.45) is 3.97. The Labute approximate surface area is 152 Å². The van der Waals surface area contributed by atoms with Crippen molar-refractivity contribution in [2.45, 2.75) is 12.8 Å². The van der Waals surface area contributed by atoms with Gasteiger partial charge in [-0.2, -0.15) is 0 Å². The van der Waals surface area contributed by atoms with Crippen LogP contribution in [0, 0.1) is 10.1 Å². The predicted octanol–water partition coefficient (Wildman–Crippen LogP) is 3.96. The SMILES string of the molecule is COc1cc(N2CCCC2)c(OC)cc1C=Nc1cccc([N+](=O)[O-])c1. The minimum Gasteiger partial charge on any atom is -0.496 e.